The highest BCUT2D eigenvalue weighted by Crippen LogP contribution is 2.19. The van der Waals surface area contributed by atoms with E-state index in [0.29, 0.717) is 19.6 Å². The van der Waals surface area contributed by atoms with Crippen LogP contribution in [-0.4, -0.2) is 30.0 Å². The molecule has 16 heavy (non-hydrogen) atoms. The molecule has 0 saturated carbocycles. The molecule has 1 aromatic carbocycles. The lowest BCUT2D eigenvalue weighted by Gasteiger charge is -2.33. The van der Waals surface area contributed by atoms with Crippen LogP contribution in [0.5, 0.6) is 0 Å². The van der Waals surface area contributed by atoms with Gasteiger partial charge in [-0.25, -0.2) is 0 Å². The van der Waals surface area contributed by atoms with Gasteiger partial charge in [0.1, 0.15) is 6.10 Å². The van der Waals surface area contributed by atoms with Crippen LogP contribution in [-0.2, 0) is 16.1 Å². The van der Waals surface area contributed by atoms with Crippen LogP contribution in [0.4, 0.5) is 0 Å². The third kappa shape index (κ3) is 2.82. The smallest absolute Gasteiger partial charge is 0.110 e. The first kappa shape index (κ1) is 11.6. The first-order valence-electron chi connectivity index (χ1n) is 5.72. The molecule has 0 aromatic heterocycles. The Morgan fingerprint density at radius 3 is 2.81 bits per heavy atom. The van der Waals surface area contributed by atoms with Gasteiger partial charge in [0.05, 0.1) is 18.8 Å². The van der Waals surface area contributed by atoms with Crippen molar-refractivity contribution in [3.05, 3.63) is 35.9 Å². The van der Waals surface area contributed by atoms with Crippen LogP contribution in [0.1, 0.15) is 18.9 Å². The van der Waals surface area contributed by atoms with Gasteiger partial charge in [0.25, 0.3) is 0 Å². The van der Waals surface area contributed by atoms with Crippen molar-refractivity contribution in [1.82, 2.24) is 0 Å². The molecule has 0 bridgehead atoms. The van der Waals surface area contributed by atoms with Crippen molar-refractivity contribution in [1.29, 1.82) is 0 Å². The maximum Gasteiger partial charge on any atom is 0.110 e. The average Bonchev–Trinajstić information content (AvgIpc) is 2.30. The van der Waals surface area contributed by atoms with Gasteiger partial charge in [0, 0.05) is 6.61 Å². The van der Waals surface area contributed by atoms with E-state index in [1.807, 2.05) is 37.3 Å². The molecule has 1 heterocycles. The molecule has 1 aliphatic heterocycles. The predicted octanol–water partition coefficient (Wildman–Crippen LogP) is 1.74. The summed E-state index contributed by atoms with van der Waals surface area (Å²) in [6, 6.07) is 9.97. The summed E-state index contributed by atoms with van der Waals surface area (Å²) in [7, 11) is 0. The Bertz CT molecular complexity index is 302. The van der Waals surface area contributed by atoms with Gasteiger partial charge in [0.2, 0.25) is 0 Å². The van der Waals surface area contributed by atoms with Gasteiger partial charge in [-0.15, -0.1) is 0 Å². The minimum atomic E-state index is -0.410. The van der Waals surface area contributed by atoms with Gasteiger partial charge in [-0.1, -0.05) is 30.3 Å². The molecule has 2 rings (SSSR count). The molecule has 1 aliphatic rings. The van der Waals surface area contributed by atoms with Crippen molar-refractivity contribution in [2.75, 3.05) is 6.61 Å². The van der Waals surface area contributed by atoms with Crippen LogP contribution in [0, 0.1) is 0 Å². The van der Waals surface area contributed by atoms with Crippen molar-refractivity contribution in [3.8, 4) is 0 Å². The van der Waals surface area contributed by atoms with Gasteiger partial charge in [-0.05, 0) is 18.9 Å². The average molecular weight is 222 g/mol. The van der Waals surface area contributed by atoms with Crippen LogP contribution in [0.25, 0.3) is 0 Å². The Labute approximate surface area is 96.0 Å². The summed E-state index contributed by atoms with van der Waals surface area (Å²) in [6.07, 6.45) is -0.00190. The maximum absolute atomic E-state index is 9.81. The van der Waals surface area contributed by atoms with Crippen molar-refractivity contribution in [2.45, 2.75) is 38.3 Å². The SMILES string of the molecule is C[C@@H]1OCCC(O)C1OCc1ccccc1. The van der Waals surface area contributed by atoms with Gasteiger partial charge in [-0.3, -0.25) is 0 Å². The fourth-order valence-corrected chi connectivity index (χ4v) is 1.96. The van der Waals surface area contributed by atoms with E-state index >= 15 is 0 Å². The largest absolute Gasteiger partial charge is 0.390 e. The maximum atomic E-state index is 9.81. The third-order valence-corrected chi connectivity index (χ3v) is 2.92. The highest BCUT2D eigenvalue weighted by Gasteiger charge is 2.30. The molecule has 3 nitrogen and oxygen atoms in total. The van der Waals surface area contributed by atoms with Crippen LogP contribution in [0.3, 0.4) is 0 Å². The van der Waals surface area contributed by atoms with Gasteiger partial charge in [0.15, 0.2) is 0 Å². The van der Waals surface area contributed by atoms with E-state index in [2.05, 4.69) is 0 Å². The van der Waals surface area contributed by atoms with E-state index in [0.717, 1.165) is 5.56 Å². The molecule has 3 atom stereocenters. The van der Waals surface area contributed by atoms with Crippen LogP contribution in [0.15, 0.2) is 30.3 Å². The van der Waals surface area contributed by atoms with E-state index in [1.165, 1.54) is 0 Å². The molecule has 0 aliphatic carbocycles. The summed E-state index contributed by atoms with van der Waals surface area (Å²) in [6.45, 7) is 3.09. The van der Waals surface area contributed by atoms with E-state index < -0.39 is 6.10 Å². The quantitative estimate of drug-likeness (QED) is 0.846. The second-order valence-corrected chi connectivity index (χ2v) is 4.19. The number of hydrogen-bond donors (Lipinski definition) is 1. The predicted molar refractivity (Wildman–Crippen MR) is 61.1 cm³/mol. The first-order valence-corrected chi connectivity index (χ1v) is 5.72. The summed E-state index contributed by atoms with van der Waals surface area (Å²) in [5.41, 5.74) is 1.12. The van der Waals surface area contributed by atoms with E-state index in [4.69, 9.17) is 9.47 Å². The Morgan fingerprint density at radius 1 is 1.38 bits per heavy atom. The molecule has 1 fully saturated rings. The van der Waals surface area contributed by atoms with E-state index in [9.17, 15) is 5.11 Å². The molecule has 0 radical (unpaired) electrons. The number of benzene rings is 1. The second kappa shape index (κ2) is 5.43. The van der Waals surface area contributed by atoms with Gasteiger partial charge >= 0.3 is 0 Å². The van der Waals surface area contributed by atoms with Crippen molar-refractivity contribution >= 4 is 0 Å². The molecule has 0 spiro atoms. The monoisotopic (exact) mass is 222 g/mol. The molecular formula is C13H18O3. The van der Waals surface area contributed by atoms with Gasteiger partial charge in [-0.2, -0.15) is 0 Å². The summed E-state index contributed by atoms with van der Waals surface area (Å²) in [4.78, 5) is 0. The van der Waals surface area contributed by atoms with Crippen LogP contribution >= 0.6 is 0 Å². The zero-order valence-corrected chi connectivity index (χ0v) is 9.50. The van der Waals surface area contributed by atoms with Crippen molar-refractivity contribution in [2.24, 2.45) is 0 Å². The Hall–Kier alpha value is -0.900. The molecule has 3 heteroatoms. The fourth-order valence-electron chi connectivity index (χ4n) is 1.96. The summed E-state index contributed by atoms with van der Waals surface area (Å²) in [5, 5.41) is 9.81. The lowest BCUT2D eigenvalue weighted by atomic mass is 10.0. The summed E-state index contributed by atoms with van der Waals surface area (Å²) >= 11 is 0. The van der Waals surface area contributed by atoms with E-state index in [1.54, 1.807) is 0 Å². The minimum Gasteiger partial charge on any atom is -0.390 e. The molecular weight excluding hydrogens is 204 g/mol. The highest BCUT2D eigenvalue weighted by molar-refractivity contribution is 5.13. The van der Waals surface area contributed by atoms with E-state index in [-0.39, 0.29) is 12.2 Å². The lowest BCUT2D eigenvalue weighted by Crippen LogP contribution is -2.44. The third-order valence-electron chi connectivity index (χ3n) is 2.92. The molecule has 0 amide bonds. The fraction of sp³-hybridized carbons (Fsp3) is 0.538. The number of hydrogen-bond acceptors (Lipinski definition) is 3. The number of aliphatic hydroxyl groups is 1. The van der Waals surface area contributed by atoms with Crippen molar-refractivity contribution < 1.29 is 14.6 Å². The molecule has 1 saturated heterocycles. The standard InChI is InChI=1S/C13H18O3/c1-10-13(12(14)7-8-15-10)16-9-11-5-3-2-4-6-11/h2-6,10,12-14H,7-9H2,1H3/t10-,12?,13?/m0/s1. The zero-order valence-electron chi connectivity index (χ0n) is 9.50. The van der Waals surface area contributed by atoms with Crippen LogP contribution in [0.2, 0.25) is 0 Å². The second-order valence-electron chi connectivity index (χ2n) is 4.19. The topological polar surface area (TPSA) is 38.7 Å². The Kier molecular flexibility index (Phi) is 3.93. The summed E-state index contributed by atoms with van der Waals surface area (Å²) < 4.78 is 11.2. The first-order chi connectivity index (χ1) is 7.77. The highest BCUT2D eigenvalue weighted by atomic mass is 16.6. The normalized spacial score (nSPS) is 30.2. The Morgan fingerprint density at radius 2 is 2.12 bits per heavy atom. The molecule has 1 N–H and O–H groups in total. The van der Waals surface area contributed by atoms with Crippen LogP contribution < -0.4 is 0 Å². The van der Waals surface area contributed by atoms with Crippen molar-refractivity contribution in [3.63, 3.8) is 0 Å². The summed E-state index contributed by atoms with van der Waals surface area (Å²) in [5.74, 6) is 0. The number of rotatable bonds is 3. The zero-order chi connectivity index (χ0) is 11.4. The molecule has 2 unspecified atom stereocenters. The molecule has 88 valence electrons. The Balaban J connectivity index is 1.89. The molecule has 1 aromatic rings. The van der Waals surface area contributed by atoms with Gasteiger partial charge < -0.3 is 14.6 Å². The minimum absolute atomic E-state index is 0.0348. The number of ether oxygens (including phenoxy) is 2. The lowest BCUT2D eigenvalue weighted by molar-refractivity contribution is -0.158. The number of aliphatic hydroxyl groups excluding tert-OH is 1.